The quantitative estimate of drug-likeness (QED) is 0.733. The normalized spacial score (nSPS) is 15.1. The van der Waals surface area contributed by atoms with Gasteiger partial charge in [0, 0.05) is 18.7 Å². The molecule has 1 aliphatic rings. The monoisotopic (exact) mass is 369 g/mol. The Hall–Kier alpha value is -2.86. The van der Waals surface area contributed by atoms with Gasteiger partial charge in [0.2, 0.25) is 6.10 Å². The number of rotatable bonds is 6. The predicted octanol–water partition coefficient (Wildman–Crippen LogP) is 2.84. The summed E-state index contributed by atoms with van der Waals surface area (Å²) in [5, 5.41) is 0. The Morgan fingerprint density at radius 1 is 1.04 bits per heavy atom. The second kappa shape index (κ2) is 9.19. The molecule has 1 amide bonds. The van der Waals surface area contributed by atoms with Gasteiger partial charge in [-0.3, -0.25) is 4.79 Å². The number of carbonyl (C=O) groups is 2. The molecule has 0 aromatic heterocycles. The Balaban J connectivity index is 1.78. The van der Waals surface area contributed by atoms with Gasteiger partial charge in [0.15, 0.2) is 0 Å². The largest absolute Gasteiger partial charge is 0.494 e. The van der Waals surface area contributed by atoms with E-state index in [2.05, 4.69) is 0 Å². The summed E-state index contributed by atoms with van der Waals surface area (Å²) in [7, 11) is 0. The van der Waals surface area contributed by atoms with Gasteiger partial charge in [0.1, 0.15) is 5.75 Å². The van der Waals surface area contributed by atoms with Gasteiger partial charge in [-0.15, -0.1) is 0 Å². The van der Waals surface area contributed by atoms with Crippen molar-refractivity contribution in [2.75, 3.05) is 32.9 Å². The number of esters is 1. The summed E-state index contributed by atoms with van der Waals surface area (Å²) < 4.78 is 16.3. The summed E-state index contributed by atoms with van der Waals surface area (Å²) in [4.78, 5) is 27.3. The summed E-state index contributed by atoms with van der Waals surface area (Å²) in [5.41, 5.74) is 1.02. The zero-order valence-electron chi connectivity index (χ0n) is 15.3. The number of benzene rings is 2. The number of ether oxygens (including phenoxy) is 3. The zero-order valence-corrected chi connectivity index (χ0v) is 15.3. The van der Waals surface area contributed by atoms with E-state index in [0.29, 0.717) is 49.8 Å². The lowest BCUT2D eigenvalue weighted by Crippen LogP contribution is -2.44. The molecule has 6 nitrogen and oxygen atoms in total. The first-order valence-corrected chi connectivity index (χ1v) is 9.04. The van der Waals surface area contributed by atoms with Crippen LogP contribution in [-0.4, -0.2) is 49.7 Å². The van der Waals surface area contributed by atoms with Crippen molar-refractivity contribution in [3.63, 3.8) is 0 Å². The molecule has 2 aromatic carbocycles. The van der Waals surface area contributed by atoms with E-state index < -0.39 is 12.1 Å². The van der Waals surface area contributed by atoms with Crippen LogP contribution in [0.1, 0.15) is 28.9 Å². The van der Waals surface area contributed by atoms with Gasteiger partial charge in [0.25, 0.3) is 5.91 Å². The van der Waals surface area contributed by atoms with Gasteiger partial charge in [-0.05, 0) is 31.2 Å². The van der Waals surface area contributed by atoms with Gasteiger partial charge < -0.3 is 19.1 Å². The summed E-state index contributed by atoms with van der Waals surface area (Å²) in [6.45, 7) is 4.39. The van der Waals surface area contributed by atoms with E-state index in [1.807, 2.05) is 25.1 Å². The standard InChI is InChI=1S/C21H23NO5/c1-2-26-18-10-8-17(9-11-18)21(24)27-19(16-6-4-3-5-7-16)20(23)22-12-14-25-15-13-22/h3-11,19H,2,12-15H2,1H3. The third-order valence-electron chi connectivity index (χ3n) is 4.28. The maximum absolute atomic E-state index is 13.0. The topological polar surface area (TPSA) is 65.1 Å². The van der Waals surface area contributed by atoms with Crippen molar-refractivity contribution in [3.8, 4) is 5.75 Å². The smallest absolute Gasteiger partial charge is 0.339 e. The van der Waals surface area contributed by atoms with Crippen molar-refractivity contribution in [1.29, 1.82) is 0 Å². The molecule has 0 aliphatic carbocycles. The number of nitrogens with zero attached hydrogens (tertiary/aromatic N) is 1. The second-order valence-corrected chi connectivity index (χ2v) is 6.09. The van der Waals surface area contributed by atoms with Gasteiger partial charge in [-0.2, -0.15) is 0 Å². The Morgan fingerprint density at radius 2 is 1.70 bits per heavy atom. The molecule has 27 heavy (non-hydrogen) atoms. The van der Waals surface area contributed by atoms with Crippen LogP contribution in [0.2, 0.25) is 0 Å². The molecule has 0 saturated carbocycles. The van der Waals surface area contributed by atoms with Crippen molar-refractivity contribution < 1.29 is 23.8 Å². The SMILES string of the molecule is CCOc1ccc(C(=O)OC(C(=O)N2CCOCC2)c2ccccc2)cc1. The van der Waals surface area contributed by atoms with Crippen LogP contribution in [0.4, 0.5) is 0 Å². The van der Waals surface area contributed by atoms with Crippen LogP contribution in [0.25, 0.3) is 0 Å². The van der Waals surface area contributed by atoms with E-state index in [0.717, 1.165) is 0 Å². The highest BCUT2D eigenvalue weighted by Gasteiger charge is 2.30. The number of hydrogen-bond donors (Lipinski definition) is 0. The average Bonchev–Trinajstić information content (AvgIpc) is 2.73. The molecule has 1 aliphatic heterocycles. The third kappa shape index (κ3) is 4.86. The van der Waals surface area contributed by atoms with E-state index in [9.17, 15) is 9.59 Å². The molecule has 0 N–H and O–H groups in total. The lowest BCUT2D eigenvalue weighted by Gasteiger charge is -2.30. The fourth-order valence-electron chi connectivity index (χ4n) is 2.87. The molecule has 6 heteroatoms. The van der Waals surface area contributed by atoms with E-state index in [1.54, 1.807) is 41.3 Å². The molecule has 3 rings (SSSR count). The van der Waals surface area contributed by atoms with Crippen LogP contribution in [0.5, 0.6) is 5.75 Å². The molecule has 0 bridgehead atoms. The van der Waals surface area contributed by atoms with Crippen molar-refractivity contribution in [3.05, 3.63) is 65.7 Å². The molecular weight excluding hydrogens is 346 g/mol. The van der Waals surface area contributed by atoms with Gasteiger partial charge >= 0.3 is 5.97 Å². The highest BCUT2D eigenvalue weighted by Crippen LogP contribution is 2.23. The van der Waals surface area contributed by atoms with Gasteiger partial charge in [-0.1, -0.05) is 30.3 Å². The minimum Gasteiger partial charge on any atom is -0.494 e. The Kier molecular flexibility index (Phi) is 6.44. The number of morpholine rings is 1. The highest BCUT2D eigenvalue weighted by atomic mass is 16.5. The predicted molar refractivity (Wildman–Crippen MR) is 99.6 cm³/mol. The lowest BCUT2D eigenvalue weighted by molar-refractivity contribution is -0.145. The van der Waals surface area contributed by atoms with E-state index in [4.69, 9.17) is 14.2 Å². The van der Waals surface area contributed by atoms with Crippen molar-refractivity contribution in [2.24, 2.45) is 0 Å². The molecule has 0 radical (unpaired) electrons. The van der Waals surface area contributed by atoms with Crippen molar-refractivity contribution in [1.82, 2.24) is 4.90 Å². The maximum Gasteiger partial charge on any atom is 0.339 e. The summed E-state index contributed by atoms with van der Waals surface area (Å²) >= 11 is 0. The molecule has 1 unspecified atom stereocenters. The van der Waals surface area contributed by atoms with Crippen molar-refractivity contribution >= 4 is 11.9 Å². The summed E-state index contributed by atoms with van der Waals surface area (Å²) in [5.74, 6) is -0.102. The Labute approximate surface area is 158 Å². The lowest BCUT2D eigenvalue weighted by atomic mass is 10.1. The average molecular weight is 369 g/mol. The van der Waals surface area contributed by atoms with Crippen LogP contribution >= 0.6 is 0 Å². The van der Waals surface area contributed by atoms with E-state index >= 15 is 0 Å². The zero-order chi connectivity index (χ0) is 19.1. The summed E-state index contributed by atoms with van der Waals surface area (Å²) in [6.07, 6.45) is -0.983. The molecule has 142 valence electrons. The van der Waals surface area contributed by atoms with Crippen LogP contribution in [0.15, 0.2) is 54.6 Å². The Morgan fingerprint density at radius 3 is 2.33 bits per heavy atom. The van der Waals surface area contributed by atoms with Crippen LogP contribution in [-0.2, 0) is 14.3 Å². The van der Waals surface area contributed by atoms with Crippen LogP contribution in [0, 0.1) is 0 Å². The molecule has 1 atom stereocenters. The molecule has 1 fully saturated rings. The molecular formula is C21H23NO5. The third-order valence-corrected chi connectivity index (χ3v) is 4.28. The van der Waals surface area contributed by atoms with E-state index in [-0.39, 0.29) is 5.91 Å². The minimum atomic E-state index is -0.983. The first kappa shape index (κ1) is 18.9. The molecule has 1 heterocycles. The van der Waals surface area contributed by atoms with Gasteiger partial charge in [-0.25, -0.2) is 4.79 Å². The minimum absolute atomic E-state index is 0.233. The van der Waals surface area contributed by atoms with Gasteiger partial charge in [0.05, 0.1) is 25.4 Å². The van der Waals surface area contributed by atoms with Crippen LogP contribution in [0.3, 0.4) is 0 Å². The number of amides is 1. The van der Waals surface area contributed by atoms with Crippen LogP contribution < -0.4 is 4.74 Å². The molecule has 0 spiro atoms. The first-order valence-electron chi connectivity index (χ1n) is 9.04. The van der Waals surface area contributed by atoms with Crippen molar-refractivity contribution in [2.45, 2.75) is 13.0 Å². The molecule has 1 saturated heterocycles. The number of carbonyl (C=O) groups excluding carboxylic acids is 2. The first-order chi connectivity index (χ1) is 13.2. The fourth-order valence-corrected chi connectivity index (χ4v) is 2.87. The maximum atomic E-state index is 13.0. The highest BCUT2D eigenvalue weighted by molar-refractivity contribution is 5.92. The molecule has 2 aromatic rings. The Bertz CT molecular complexity index is 754. The van der Waals surface area contributed by atoms with E-state index in [1.165, 1.54) is 0 Å². The fraction of sp³-hybridized carbons (Fsp3) is 0.333. The summed E-state index contributed by atoms with van der Waals surface area (Å²) in [6, 6.07) is 15.8. The second-order valence-electron chi connectivity index (χ2n) is 6.09. The number of hydrogen-bond acceptors (Lipinski definition) is 5.